The minimum absolute atomic E-state index is 0.00146. The zero-order chi connectivity index (χ0) is 25.1. The second-order valence-corrected chi connectivity index (χ2v) is 6.98. The Morgan fingerprint density at radius 2 is 1.43 bits per heavy atom. The van der Waals surface area contributed by atoms with Crippen LogP contribution in [-0.4, -0.2) is 26.6 Å². The van der Waals surface area contributed by atoms with E-state index in [1.54, 1.807) is 12.1 Å². The van der Waals surface area contributed by atoms with E-state index < -0.39 is 32.1 Å². The Kier molecular flexibility index (Phi) is 5.96. The van der Waals surface area contributed by atoms with Crippen LogP contribution in [0.2, 0.25) is 0 Å². The number of aliphatic imine (C=N–C) groups is 1. The molecule has 13 heteroatoms. The summed E-state index contributed by atoms with van der Waals surface area (Å²) in [6.45, 7) is 0. The molecule has 0 saturated heterocycles. The fourth-order valence-electron chi connectivity index (χ4n) is 3.02. The number of ether oxygens (including phenoxy) is 2. The van der Waals surface area contributed by atoms with Crippen molar-refractivity contribution >= 4 is 35.0 Å². The Morgan fingerprint density at radius 1 is 0.800 bits per heavy atom. The van der Waals surface area contributed by atoms with Crippen molar-refractivity contribution in [1.29, 1.82) is 0 Å². The number of benzene rings is 3. The monoisotopic (exact) mass is 476 g/mol. The van der Waals surface area contributed by atoms with Gasteiger partial charge in [0.05, 0.1) is 20.8 Å². The third kappa shape index (κ3) is 4.98. The van der Waals surface area contributed by atoms with Crippen molar-refractivity contribution in [3.8, 4) is 11.5 Å². The number of nitro benzene ring substituents is 3. The molecule has 0 aliphatic carbocycles. The lowest BCUT2D eigenvalue weighted by molar-refractivity contribution is -0.394. The molecular weight excluding hydrogens is 464 g/mol. The Hall–Kier alpha value is -5.46. The van der Waals surface area contributed by atoms with Gasteiger partial charge in [0.2, 0.25) is 11.6 Å². The van der Waals surface area contributed by atoms with Gasteiger partial charge >= 0.3 is 11.7 Å². The lowest BCUT2D eigenvalue weighted by Crippen LogP contribution is -2.05. The molecule has 0 bridgehead atoms. The molecule has 0 unspecified atom stereocenters. The highest BCUT2D eigenvalue weighted by molar-refractivity contribution is 6.12. The number of hydrogen-bond donors (Lipinski definition) is 0. The van der Waals surface area contributed by atoms with Gasteiger partial charge < -0.3 is 9.47 Å². The predicted octanol–water partition coefficient (Wildman–Crippen LogP) is 4.55. The molecular formula is C22H12N4O9. The summed E-state index contributed by atoms with van der Waals surface area (Å²) >= 11 is 0. The quantitative estimate of drug-likeness (QED) is 0.205. The highest BCUT2D eigenvalue weighted by Gasteiger charge is 2.25. The molecule has 174 valence electrons. The molecule has 0 saturated carbocycles. The molecule has 35 heavy (non-hydrogen) atoms. The van der Waals surface area contributed by atoms with Gasteiger partial charge in [0.1, 0.15) is 5.75 Å². The molecule has 3 aromatic rings. The van der Waals surface area contributed by atoms with E-state index in [0.717, 1.165) is 18.2 Å². The van der Waals surface area contributed by atoms with Crippen LogP contribution >= 0.6 is 0 Å². The van der Waals surface area contributed by atoms with Gasteiger partial charge in [0.15, 0.2) is 5.70 Å². The van der Waals surface area contributed by atoms with Gasteiger partial charge in [-0.2, -0.15) is 0 Å². The maximum absolute atomic E-state index is 12.2. The van der Waals surface area contributed by atoms with Gasteiger partial charge in [0, 0.05) is 23.8 Å². The fourth-order valence-corrected chi connectivity index (χ4v) is 3.02. The molecule has 0 amide bonds. The summed E-state index contributed by atoms with van der Waals surface area (Å²) in [4.78, 5) is 47.1. The zero-order valence-electron chi connectivity index (χ0n) is 17.4. The average molecular weight is 476 g/mol. The van der Waals surface area contributed by atoms with Gasteiger partial charge in [0.25, 0.3) is 11.4 Å². The lowest BCUT2D eigenvalue weighted by Gasteiger charge is -2.06. The molecule has 1 aliphatic rings. The molecule has 0 aromatic heterocycles. The lowest BCUT2D eigenvalue weighted by atomic mass is 10.2. The number of non-ortho nitro benzene ring substituents is 2. The van der Waals surface area contributed by atoms with Crippen molar-refractivity contribution in [3.05, 3.63) is 114 Å². The van der Waals surface area contributed by atoms with Crippen LogP contribution in [0.15, 0.2) is 77.4 Å². The van der Waals surface area contributed by atoms with E-state index in [9.17, 15) is 35.1 Å². The van der Waals surface area contributed by atoms with Crippen molar-refractivity contribution in [3.63, 3.8) is 0 Å². The van der Waals surface area contributed by atoms with Crippen LogP contribution in [0.3, 0.4) is 0 Å². The minimum atomic E-state index is -0.784. The average Bonchev–Trinajstić information content (AvgIpc) is 3.20. The zero-order valence-corrected chi connectivity index (χ0v) is 17.4. The third-order valence-corrected chi connectivity index (χ3v) is 4.71. The highest BCUT2D eigenvalue weighted by Crippen LogP contribution is 2.34. The van der Waals surface area contributed by atoms with E-state index in [2.05, 4.69) is 4.99 Å². The van der Waals surface area contributed by atoms with E-state index in [4.69, 9.17) is 9.47 Å². The number of carbonyl (C=O) groups is 1. The summed E-state index contributed by atoms with van der Waals surface area (Å²) in [6, 6.07) is 14.5. The number of cyclic esters (lactones) is 1. The van der Waals surface area contributed by atoms with E-state index in [1.165, 1.54) is 42.5 Å². The summed E-state index contributed by atoms with van der Waals surface area (Å²) in [5.74, 6) is -0.668. The largest absolute Gasteiger partial charge is 0.450 e. The number of hydrogen-bond acceptors (Lipinski definition) is 10. The molecule has 4 rings (SSSR count). The summed E-state index contributed by atoms with van der Waals surface area (Å²) in [5.41, 5.74) is -0.193. The number of nitro groups is 3. The molecule has 1 heterocycles. The van der Waals surface area contributed by atoms with Crippen molar-refractivity contribution in [2.45, 2.75) is 0 Å². The second-order valence-electron chi connectivity index (χ2n) is 6.98. The standard InChI is InChI=1S/C22H12N4O9/c27-22-18(23-21(35-22)14-3-5-15(6-4-14)24(28)29)11-13-1-8-17(9-2-13)34-20-10-7-16(25(30)31)12-19(20)26(32)33/h1-12H. The van der Waals surface area contributed by atoms with Crippen LogP contribution in [-0.2, 0) is 9.53 Å². The first-order chi connectivity index (χ1) is 16.7. The van der Waals surface area contributed by atoms with Crippen LogP contribution < -0.4 is 4.74 Å². The topological polar surface area (TPSA) is 177 Å². The van der Waals surface area contributed by atoms with E-state index in [-0.39, 0.29) is 28.8 Å². The van der Waals surface area contributed by atoms with Crippen LogP contribution in [0.5, 0.6) is 11.5 Å². The maximum atomic E-state index is 12.2. The summed E-state index contributed by atoms with van der Waals surface area (Å²) in [5, 5.41) is 32.9. The van der Waals surface area contributed by atoms with Gasteiger partial charge in [-0.3, -0.25) is 30.3 Å². The van der Waals surface area contributed by atoms with Gasteiger partial charge in [-0.1, -0.05) is 12.1 Å². The Morgan fingerprint density at radius 3 is 2.03 bits per heavy atom. The first kappa shape index (κ1) is 22.7. The molecule has 13 nitrogen and oxygen atoms in total. The van der Waals surface area contributed by atoms with Crippen molar-refractivity contribution in [2.75, 3.05) is 0 Å². The molecule has 1 aliphatic heterocycles. The van der Waals surface area contributed by atoms with Crippen LogP contribution in [0.4, 0.5) is 17.1 Å². The number of nitrogens with zero attached hydrogens (tertiary/aromatic N) is 4. The Balaban J connectivity index is 1.53. The van der Waals surface area contributed by atoms with Gasteiger partial charge in [-0.25, -0.2) is 9.79 Å². The Labute approximate surface area is 195 Å². The number of esters is 1. The van der Waals surface area contributed by atoms with E-state index in [1.807, 2.05) is 0 Å². The van der Waals surface area contributed by atoms with Crippen molar-refractivity contribution < 1.29 is 29.0 Å². The molecule has 0 spiro atoms. The third-order valence-electron chi connectivity index (χ3n) is 4.71. The maximum Gasteiger partial charge on any atom is 0.363 e. The second kappa shape index (κ2) is 9.19. The van der Waals surface area contributed by atoms with Crippen LogP contribution in [0.1, 0.15) is 11.1 Å². The number of carbonyl (C=O) groups excluding carboxylic acids is 1. The van der Waals surface area contributed by atoms with Crippen LogP contribution in [0.25, 0.3) is 6.08 Å². The summed E-state index contributed by atoms with van der Waals surface area (Å²) in [7, 11) is 0. The summed E-state index contributed by atoms with van der Waals surface area (Å²) < 4.78 is 10.6. The molecule has 0 radical (unpaired) electrons. The van der Waals surface area contributed by atoms with Gasteiger partial charge in [-0.15, -0.1) is 0 Å². The van der Waals surface area contributed by atoms with Crippen molar-refractivity contribution in [2.24, 2.45) is 4.99 Å². The smallest absolute Gasteiger partial charge is 0.363 e. The fraction of sp³-hybridized carbons (Fsp3) is 0. The van der Waals surface area contributed by atoms with Crippen LogP contribution in [0, 0.1) is 30.3 Å². The molecule has 0 N–H and O–H groups in total. The van der Waals surface area contributed by atoms with E-state index in [0.29, 0.717) is 11.1 Å². The predicted molar refractivity (Wildman–Crippen MR) is 120 cm³/mol. The first-order valence-electron chi connectivity index (χ1n) is 9.69. The highest BCUT2D eigenvalue weighted by atomic mass is 16.6. The normalized spacial score (nSPS) is 13.8. The van der Waals surface area contributed by atoms with Crippen molar-refractivity contribution in [1.82, 2.24) is 0 Å². The minimum Gasteiger partial charge on any atom is -0.450 e. The number of rotatable bonds is 7. The molecule has 0 atom stereocenters. The van der Waals surface area contributed by atoms with Gasteiger partial charge in [-0.05, 0) is 42.0 Å². The molecule has 3 aromatic carbocycles. The van der Waals surface area contributed by atoms with E-state index >= 15 is 0 Å². The molecule has 0 fully saturated rings. The Bertz CT molecular complexity index is 1430. The summed E-state index contributed by atoms with van der Waals surface area (Å²) in [6.07, 6.45) is 1.44. The SMILES string of the molecule is O=C1OC(c2ccc([N+](=O)[O-])cc2)=NC1=Cc1ccc(Oc2ccc([N+](=O)[O-])cc2[N+](=O)[O-])cc1. The first-order valence-corrected chi connectivity index (χ1v) is 9.69.